The van der Waals surface area contributed by atoms with Crippen LogP contribution in [0.25, 0.3) is 0 Å². The van der Waals surface area contributed by atoms with Gasteiger partial charge in [0.05, 0.1) is 39.6 Å². The fraction of sp³-hybridized carbons (Fsp3) is 0.600. The highest BCUT2D eigenvalue weighted by Crippen LogP contribution is 2.32. The lowest BCUT2D eigenvalue weighted by Crippen LogP contribution is -2.16. The summed E-state index contributed by atoms with van der Waals surface area (Å²) in [5.41, 5.74) is 3.18. The quantitative estimate of drug-likeness (QED) is 0.197. The molecule has 0 unspecified atom stereocenters. The Hall–Kier alpha value is -1.97. The number of methoxy groups -OCH3 is 1. The molecular formula is C30H46O7S. The van der Waals surface area contributed by atoms with E-state index in [9.17, 15) is 8.42 Å². The summed E-state index contributed by atoms with van der Waals surface area (Å²) in [5.74, 6) is 0.260. The first-order valence-electron chi connectivity index (χ1n) is 13.3. The van der Waals surface area contributed by atoms with Gasteiger partial charge >= 0.3 is 10.1 Å². The van der Waals surface area contributed by atoms with Crippen molar-refractivity contribution in [1.82, 2.24) is 0 Å². The Bertz CT molecular complexity index is 1070. The molecule has 2 aromatic carbocycles. The van der Waals surface area contributed by atoms with E-state index in [1.165, 1.54) is 5.56 Å². The van der Waals surface area contributed by atoms with Crippen LogP contribution < -0.4 is 4.74 Å². The van der Waals surface area contributed by atoms with Gasteiger partial charge in [-0.1, -0.05) is 71.9 Å². The second-order valence-electron chi connectivity index (χ2n) is 11.3. The Morgan fingerprint density at radius 1 is 0.684 bits per heavy atom. The monoisotopic (exact) mass is 550 g/mol. The summed E-state index contributed by atoms with van der Waals surface area (Å²) in [6.45, 7) is 15.2. The van der Waals surface area contributed by atoms with Crippen molar-refractivity contribution in [2.45, 2.75) is 70.1 Å². The molecule has 0 heterocycles. The van der Waals surface area contributed by atoms with Crippen LogP contribution in [0.5, 0.6) is 5.75 Å². The molecule has 0 N–H and O–H groups in total. The smallest absolute Gasteiger partial charge is 0.300 e. The molecular weight excluding hydrogens is 504 g/mol. The zero-order valence-corrected chi connectivity index (χ0v) is 25.0. The molecule has 0 aromatic heterocycles. The number of benzene rings is 2. The van der Waals surface area contributed by atoms with Crippen LogP contribution in [0.3, 0.4) is 0 Å². The molecule has 0 fully saturated rings. The Labute approximate surface area is 229 Å². The van der Waals surface area contributed by atoms with Crippen molar-refractivity contribution >= 4 is 10.1 Å². The Kier molecular flexibility index (Phi) is 12.7. The molecule has 0 radical (unpaired) electrons. The highest BCUT2D eigenvalue weighted by atomic mass is 32.2. The third kappa shape index (κ3) is 11.0. The first-order valence-corrected chi connectivity index (χ1v) is 14.7. The largest absolute Gasteiger partial charge is 0.490 e. The van der Waals surface area contributed by atoms with Crippen molar-refractivity contribution in [1.29, 1.82) is 0 Å². The predicted molar refractivity (Wildman–Crippen MR) is 151 cm³/mol. The molecule has 2 rings (SSSR count). The Morgan fingerprint density at radius 3 is 1.82 bits per heavy atom. The number of hydrogen-bond acceptors (Lipinski definition) is 7. The highest BCUT2D eigenvalue weighted by Gasteiger charge is 2.25. The maximum Gasteiger partial charge on any atom is 0.300 e. The maximum absolute atomic E-state index is 13.2. The lowest BCUT2D eigenvalue weighted by molar-refractivity contribution is 0.0177. The second-order valence-corrected chi connectivity index (χ2v) is 12.9. The lowest BCUT2D eigenvalue weighted by Gasteiger charge is -2.21. The van der Waals surface area contributed by atoms with Gasteiger partial charge in [-0.05, 0) is 52.5 Å². The molecule has 2 aromatic rings. The van der Waals surface area contributed by atoms with Crippen LogP contribution in [0.1, 0.15) is 64.7 Å². The Morgan fingerprint density at radius 2 is 1.24 bits per heavy atom. The topological polar surface area (TPSA) is 80.3 Å². The standard InChI is InChI=1S/C30H46O7S/c1-29(2,3)25-12-10-24(11-13-25)9-8-16-37-38(31,32)28-23-26(30(4,5)6)14-15-27(28)36-22-21-35-20-19-34-18-17-33-7/h10-15,23H,8-9,16-22H2,1-7H3. The van der Waals surface area contributed by atoms with E-state index in [0.29, 0.717) is 39.5 Å². The molecule has 0 aliphatic heterocycles. The van der Waals surface area contributed by atoms with Gasteiger partial charge in [0.25, 0.3) is 0 Å². The van der Waals surface area contributed by atoms with Crippen molar-refractivity contribution in [2.24, 2.45) is 0 Å². The van der Waals surface area contributed by atoms with E-state index in [1.54, 1.807) is 19.2 Å². The maximum atomic E-state index is 13.2. The molecule has 0 aliphatic rings. The number of rotatable bonds is 16. The van der Waals surface area contributed by atoms with Gasteiger partial charge in [0, 0.05) is 7.11 Å². The Balaban J connectivity index is 1.95. The van der Waals surface area contributed by atoms with Crippen LogP contribution in [0.4, 0.5) is 0 Å². The summed E-state index contributed by atoms with van der Waals surface area (Å²) >= 11 is 0. The van der Waals surface area contributed by atoms with Gasteiger partial charge in [0.15, 0.2) is 0 Å². The first kappa shape index (κ1) is 32.2. The van der Waals surface area contributed by atoms with Crippen molar-refractivity contribution < 1.29 is 31.5 Å². The molecule has 38 heavy (non-hydrogen) atoms. The van der Waals surface area contributed by atoms with Crippen LogP contribution in [-0.2, 0) is 45.8 Å². The molecule has 0 amide bonds. The molecule has 0 spiro atoms. The average molecular weight is 551 g/mol. The summed E-state index contributed by atoms with van der Waals surface area (Å²) in [7, 11) is -2.39. The van der Waals surface area contributed by atoms with E-state index >= 15 is 0 Å². The van der Waals surface area contributed by atoms with Gasteiger partial charge in [-0.15, -0.1) is 0 Å². The van der Waals surface area contributed by atoms with Gasteiger partial charge in [0.2, 0.25) is 0 Å². The van der Waals surface area contributed by atoms with Crippen LogP contribution in [-0.4, -0.2) is 61.8 Å². The van der Waals surface area contributed by atoms with E-state index in [0.717, 1.165) is 17.5 Å². The SMILES string of the molecule is COCCOCCOCCOc1ccc(C(C)(C)C)cc1S(=O)(=O)OCCCc1ccc(C(C)(C)C)cc1. The van der Waals surface area contributed by atoms with Crippen LogP contribution in [0.15, 0.2) is 47.4 Å². The first-order chi connectivity index (χ1) is 17.8. The summed E-state index contributed by atoms with van der Waals surface area (Å²) in [6.07, 6.45) is 1.32. The van der Waals surface area contributed by atoms with Gasteiger partial charge in [-0.2, -0.15) is 8.42 Å². The molecule has 0 saturated carbocycles. The van der Waals surface area contributed by atoms with E-state index in [1.807, 2.05) is 26.8 Å². The summed E-state index contributed by atoms with van der Waals surface area (Å²) in [4.78, 5) is 0.0438. The number of ether oxygens (including phenoxy) is 4. The van der Waals surface area contributed by atoms with E-state index in [-0.39, 0.29) is 34.7 Å². The van der Waals surface area contributed by atoms with Crippen LogP contribution in [0.2, 0.25) is 0 Å². The van der Waals surface area contributed by atoms with E-state index in [2.05, 4.69) is 45.0 Å². The summed E-state index contributed by atoms with van der Waals surface area (Å²) in [6, 6.07) is 13.7. The molecule has 0 saturated heterocycles. The average Bonchev–Trinajstić information content (AvgIpc) is 2.85. The van der Waals surface area contributed by atoms with Gasteiger partial charge in [-0.25, -0.2) is 0 Å². The van der Waals surface area contributed by atoms with Gasteiger partial charge < -0.3 is 18.9 Å². The van der Waals surface area contributed by atoms with Crippen molar-refractivity contribution in [3.05, 3.63) is 59.2 Å². The fourth-order valence-corrected chi connectivity index (χ4v) is 4.75. The summed E-state index contributed by atoms with van der Waals surface area (Å²) < 4.78 is 53.4. The zero-order chi connectivity index (χ0) is 28.2. The predicted octanol–water partition coefficient (Wildman–Crippen LogP) is 5.68. The van der Waals surface area contributed by atoms with Gasteiger partial charge in [-0.3, -0.25) is 4.18 Å². The molecule has 0 aliphatic carbocycles. The lowest BCUT2D eigenvalue weighted by atomic mass is 9.86. The molecule has 7 nitrogen and oxygen atoms in total. The molecule has 0 bridgehead atoms. The molecule has 0 atom stereocenters. The van der Waals surface area contributed by atoms with Crippen LogP contribution >= 0.6 is 0 Å². The van der Waals surface area contributed by atoms with E-state index < -0.39 is 10.1 Å². The molecule has 8 heteroatoms. The normalized spacial score (nSPS) is 12.6. The third-order valence-corrected chi connectivity index (χ3v) is 7.37. The molecule has 214 valence electrons. The van der Waals surface area contributed by atoms with Crippen molar-refractivity contribution in [3.63, 3.8) is 0 Å². The van der Waals surface area contributed by atoms with Gasteiger partial charge in [0.1, 0.15) is 17.3 Å². The second kappa shape index (κ2) is 15.0. The minimum absolute atomic E-state index is 0.0438. The minimum atomic E-state index is -4.01. The van der Waals surface area contributed by atoms with Crippen LogP contribution in [0, 0.1) is 0 Å². The zero-order valence-electron chi connectivity index (χ0n) is 24.2. The third-order valence-electron chi connectivity index (χ3n) is 6.04. The fourth-order valence-electron chi connectivity index (χ4n) is 3.64. The van der Waals surface area contributed by atoms with E-state index in [4.69, 9.17) is 23.1 Å². The van der Waals surface area contributed by atoms with Crippen molar-refractivity contribution in [3.8, 4) is 5.75 Å². The summed E-state index contributed by atoms with van der Waals surface area (Å²) in [5, 5.41) is 0. The number of hydrogen-bond donors (Lipinski definition) is 0. The highest BCUT2D eigenvalue weighted by molar-refractivity contribution is 7.86. The minimum Gasteiger partial charge on any atom is -0.490 e. The number of aryl methyl sites for hydroxylation is 1. The van der Waals surface area contributed by atoms with Crippen molar-refractivity contribution in [2.75, 3.05) is 53.4 Å².